The first kappa shape index (κ1) is 24.1. The number of anilines is 1. The number of amides is 2. The van der Waals surface area contributed by atoms with Crippen molar-refractivity contribution in [2.75, 3.05) is 31.4 Å². The van der Waals surface area contributed by atoms with Gasteiger partial charge >= 0.3 is 0 Å². The van der Waals surface area contributed by atoms with Gasteiger partial charge in [0.2, 0.25) is 11.8 Å². The van der Waals surface area contributed by atoms with Crippen LogP contribution in [0.4, 0.5) is 5.69 Å². The molecule has 1 aliphatic rings. The van der Waals surface area contributed by atoms with Crippen LogP contribution in [0.3, 0.4) is 0 Å². The molecule has 2 heterocycles. The van der Waals surface area contributed by atoms with Crippen LogP contribution in [0.15, 0.2) is 23.4 Å². The minimum atomic E-state index is -0.361. The number of hydrogen-bond donors (Lipinski definition) is 1. The second kappa shape index (κ2) is 10.8. The Bertz CT molecular complexity index is 959. The van der Waals surface area contributed by atoms with Gasteiger partial charge in [-0.2, -0.15) is 0 Å². The summed E-state index contributed by atoms with van der Waals surface area (Å²) in [6, 6.07) is 5.72. The van der Waals surface area contributed by atoms with Crippen molar-refractivity contribution < 1.29 is 14.3 Å². The van der Waals surface area contributed by atoms with E-state index in [9.17, 15) is 9.59 Å². The monoisotopic (exact) mass is 459 g/mol. The second-order valence-corrected chi connectivity index (χ2v) is 9.36. The molecule has 0 bridgehead atoms. The number of carbonyl (C=O) groups excluding carboxylic acids is 2. The van der Waals surface area contributed by atoms with Gasteiger partial charge in [0.25, 0.3) is 0 Å². The van der Waals surface area contributed by atoms with E-state index in [1.807, 2.05) is 31.4 Å². The fourth-order valence-electron chi connectivity index (χ4n) is 3.93. The summed E-state index contributed by atoms with van der Waals surface area (Å²) in [5, 5.41) is 12.5. The van der Waals surface area contributed by atoms with Gasteiger partial charge in [-0.25, -0.2) is 0 Å². The average Bonchev–Trinajstić information content (AvgIpc) is 3.33. The zero-order valence-corrected chi connectivity index (χ0v) is 20.4. The van der Waals surface area contributed by atoms with E-state index in [4.69, 9.17) is 4.74 Å². The first-order valence-electron chi connectivity index (χ1n) is 11.0. The summed E-state index contributed by atoms with van der Waals surface area (Å²) in [4.78, 5) is 27.0. The molecule has 1 saturated heterocycles. The number of aryl methyl sites for hydroxylation is 2. The van der Waals surface area contributed by atoms with Crippen molar-refractivity contribution in [3.63, 3.8) is 0 Å². The topological polar surface area (TPSA) is 89.3 Å². The Labute approximate surface area is 194 Å². The zero-order chi connectivity index (χ0) is 23.3. The number of carbonyl (C=O) groups is 2. The number of ether oxygens (including phenoxy) is 1. The number of benzene rings is 1. The van der Waals surface area contributed by atoms with Gasteiger partial charge in [-0.05, 0) is 43.2 Å². The van der Waals surface area contributed by atoms with Crippen molar-refractivity contribution in [1.29, 1.82) is 0 Å². The SMILES string of the molecule is COc1ccc(C)cc1N1CC(C(=O)NCCCc2nnc(SC)n2CC(C)C)CC1=O. The van der Waals surface area contributed by atoms with Crippen LogP contribution in [-0.2, 0) is 22.6 Å². The maximum Gasteiger partial charge on any atom is 0.227 e. The summed E-state index contributed by atoms with van der Waals surface area (Å²) in [5.74, 6) is 1.60. The quantitative estimate of drug-likeness (QED) is 0.434. The van der Waals surface area contributed by atoms with Crippen LogP contribution >= 0.6 is 11.8 Å². The highest BCUT2D eigenvalue weighted by atomic mass is 32.2. The molecule has 2 amide bonds. The van der Waals surface area contributed by atoms with Gasteiger partial charge in [0.1, 0.15) is 11.6 Å². The molecule has 0 radical (unpaired) electrons. The first-order chi connectivity index (χ1) is 15.3. The van der Waals surface area contributed by atoms with Crippen molar-refractivity contribution >= 4 is 29.3 Å². The Morgan fingerprint density at radius 3 is 2.81 bits per heavy atom. The third-order valence-electron chi connectivity index (χ3n) is 5.52. The van der Waals surface area contributed by atoms with E-state index in [-0.39, 0.29) is 24.2 Å². The Balaban J connectivity index is 1.53. The standard InChI is InChI=1S/C23H33N5O3S/c1-15(2)13-28-20(25-26-23(28)32-5)7-6-10-24-22(30)17-12-21(29)27(14-17)18-11-16(3)8-9-19(18)31-4/h8-9,11,15,17H,6-7,10,12-14H2,1-5H3,(H,24,30). The van der Waals surface area contributed by atoms with E-state index in [0.717, 1.165) is 41.6 Å². The summed E-state index contributed by atoms with van der Waals surface area (Å²) in [5.41, 5.74) is 1.76. The highest BCUT2D eigenvalue weighted by Gasteiger charge is 2.36. The largest absolute Gasteiger partial charge is 0.495 e. The predicted molar refractivity (Wildman–Crippen MR) is 126 cm³/mol. The molecule has 2 aromatic rings. The minimum absolute atomic E-state index is 0.0552. The Hall–Kier alpha value is -2.55. The van der Waals surface area contributed by atoms with Crippen molar-refractivity contribution in [2.45, 2.75) is 51.7 Å². The first-order valence-corrected chi connectivity index (χ1v) is 12.2. The van der Waals surface area contributed by atoms with Crippen LogP contribution in [0.25, 0.3) is 0 Å². The Morgan fingerprint density at radius 2 is 2.12 bits per heavy atom. The molecule has 8 nitrogen and oxygen atoms in total. The summed E-state index contributed by atoms with van der Waals surface area (Å²) in [7, 11) is 1.59. The van der Waals surface area contributed by atoms with Gasteiger partial charge < -0.3 is 19.5 Å². The zero-order valence-electron chi connectivity index (χ0n) is 19.6. The van der Waals surface area contributed by atoms with Gasteiger partial charge in [0, 0.05) is 32.5 Å². The molecule has 174 valence electrons. The molecule has 1 aromatic heterocycles. The van der Waals surface area contributed by atoms with Crippen molar-refractivity contribution in [3.05, 3.63) is 29.6 Å². The van der Waals surface area contributed by atoms with Gasteiger partial charge in [-0.15, -0.1) is 10.2 Å². The number of nitrogens with one attached hydrogen (secondary N) is 1. The third kappa shape index (κ3) is 5.62. The Kier molecular flexibility index (Phi) is 8.17. The van der Waals surface area contributed by atoms with E-state index in [0.29, 0.717) is 24.8 Å². The lowest BCUT2D eigenvalue weighted by Crippen LogP contribution is -2.33. The normalized spacial score (nSPS) is 16.1. The predicted octanol–water partition coefficient (Wildman–Crippen LogP) is 3.07. The van der Waals surface area contributed by atoms with Gasteiger partial charge in [0.05, 0.1) is 18.7 Å². The lowest BCUT2D eigenvalue weighted by molar-refractivity contribution is -0.126. The maximum absolute atomic E-state index is 12.7. The van der Waals surface area contributed by atoms with Crippen LogP contribution in [0.2, 0.25) is 0 Å². The van der Waals surface area contributed by atoms with Crippen LogP contribution in [0.1, 0.15) is 38.1 Å². The fourth-order valence-corrected chi connectivity index (χ4v) is 4.46. The second-order valence-electron chi connectivity index (χ2n) is 8.58. The van der Waals surface area contributed by atoms with E-state index in [1.54, 1.807) is 23.8 Å². The molecular formula is C23H33N5O3S. The van der Waals surface area contributed by atoms with Crippen LogP contribution in [-0.4, -0.2) is 53.0 Å². The smallest absolute Gasteiger partial charge is 0.227 e. The highest BCUT2D eigenvalue weighted by Crippen LogP contribution is 2.33. The van der Waals surface area contributed by atoms with Crippen LogP contribution in [0, 0.1) is 18.8 Å². The highest BCUT2D eigenvalue weighted by molar-refractivity contribution is 7.98. The number of rotatable bonds is 10. The van der Waals surface area contributed by atoms with Crippen molar-refractivity contribution in [3.8, 4) is 5.75 Å². The van der Waals surface area contributed by atoms with Gasteiger partial charge in [0.15, 0.2) is 5.16 Å². The van der Waals surface area contributed by atoms with E-state index >= 15 is 0 Å². The molecule has 0 saturated carbocycles. The number of methoxy groups -OCH3 is 1. The molecule has 1 N–H and O–H groups in total. The Morgan fingerprint density at radius 1 is 1.34 bits per heavy atom. The molecular weight excluding hydrogens is 426 g/mol. The molecule has 9 heteroatoms. The lowest BCUT2D eigenvalue weighted by atomic mass is 10.1. The molecule has 0 aliphatic carbocycles. The van der Waals surface area contributed by atoms with Crippen LogP contribution < -0.4 is 15.0 Å². The number of hydrogen-bond acceptors (Lipinski definition) is 6. The van der Waals surface area contributed by atoms with Crippen molar-refractivity contribution in [1.82, 2.24) is 20.1 Å². The van der Waals surface area contributed by atoms with Crippen molar-refractivity contribution in [2.24, 2.45) is 11.8 Å². The molecule has 1 aliphatic heterocycles. The van der Waals surface area contributed by atoms with Gasteiger partial charge in [-0.1, -0.05) is 31.7 Å². The average molecular weight is 460 g/mol. The van der Waals surface area contributed by atoms with E-state index in [1.165, 1.54) is 0 Å². The van der Waals surface area contributed by atoms with E-state index in [2.05, 4.69) is 33.9 Å². The number of thioether (sulfide) groups is 1. The summed E-state index contributed by atoms with van der Waals surface area (Å²) >= 11 is 1.60. The summed E-state index contributed by atoms with van der Waals surface area (Å²) < 4.78 is 7.58. The van der Waals surface area contributed by atoms with E-state index < -0.39 is 0 Å². The summed E-state index contributed by atoms with van der Waals surface area (Å²) in [6.07, 6.45) is 3.73. The molecule has 0 spiro atoms. The fraction of sp³-hybridized carbons (Fsp3) is 0.565. The summed E-state index contributed by atoms with van der Waals surface area (Å²) in [6.45, 7) is 8.11. The third-order valence-corrected chi connectivity index (χ3v) is 6.19. The molecule has 1 atom stereocenters. The minimum Gasteiger partial charge on any atom is -0.495 e. The molecule has 1 aromatic carbocycles. The van der Waals surface area contributed by atoms with Crippen LogP contribution in [0.5, 0.6) is 5.75 Å². The molecule has 3 rings (SSSR count). The molecule has 1 fully saturated rings. The van der Waals surface area contributed by atoms with Gasteiger partial charge in [-0.3, -0.25) is 9.59 Å². The number of aromatic nitrogens is 3. The maximum atomic E-state index is 12.7. The lowest BCUT2D eigenvalue weighted by Gasteiger charge is -2.20. The molecule has 1 unspecified atom stereocenters. The number of nitrogens with zero attached hydrogens (tertiary/aromatic N) is 4. The molecule has 32 heavy (non-hydrogen) atoms.